The maximum atomic E-state index is 9.90. The lowest BCUT2D eigenvalue weighted by molar-refractivity contribution is 0.475. The largest absolute Gasteiger partial charge is 0.508 e. The van der Waals surface area contributed by atoms with Crippen LogP contribution in [0.15, 0.2) is 42.9 Å². The van der Waals surface area contributed by atoms with Gasteiger partial charge in [-0.05, 0) is 37.6 Å². The molecule has 3 aromatic heterocycles. The van der Waals surface area contributed by atoms with Crippen molar-refractivity contribution in [1.29, 1.82) is 5.26 Å². The molecule has 9 nitrogen and oxygen atoms in total. The van der Waals surface area contributed by atoms with Crippen molar-refractivity contribution in [1.82, 2.24) is 24.6 Å². The summed E-state index contributed by atoms with van der Waals surface area (Å²) in [6.07, 6.45) is 3.15. The van der Waals surface area contributed by atoms with Gasteiger partial charge in [-0.3, -0.25) is 0 Å². The first-order valence-corrected chi connectivity index (χ1v) is 8.90. The van der Waals surface area contributed by atoms with Crippen LogP contribution in [-0.4, -0.2) is 29.7 Å². The maximum Gasteiger partial charge on any atom is 0.171 e. The Balaban J connectivity index is 1.81. The fourth-order valence-corrected chi connectivity index (χ4v) is 3.12. The smallest absolute Gasteiger partial charge is 0.171 e. The van der Waals surface area contributed by atoms with Gasteiger partial charge in [0.05, 0.1) is 17.3 Å². The van der Waals surface area contributed by atoms with E-state index in [1.165, 1.54) is 6.33 Å². The number of phenols is 1. The Morgan fingerprint density at radius 2 is 2.10 bits per heavy atom. The van der Waals surface area contributed by atoms with Gasteiger partial charge >= 0.3 is 0 Å². The Morgan fingerprint density at radius 3 is 2.86 bits per heavy atom. The number of nitrogens with zero attached hydrogens (tertiary/aromatic N) is 6. The lowest BCUT2D eigenvalue weighted by Gasteiger charge is -2.16. The first kappa shape index (κ1) is 18.2. The molecule has 0 bridgehead atoms. The van der Waals surface area contributed by atoms with Crippen LogP contribution in [0, 0.1) is 18.3 Å². The fraction of sp³-hybridized carbons (Fsp3) is 0.150. The number of aryl methyl sites for hydroxylation is 1. The Labute approximate surface area is 166 Å². The lowest BCUT2D eigenvalue weighted by atomic mass is 10.1. The summed E-state index contributed by atoms with van der Waals surface area (Å²) in [4.78, 5) is 12.7. The number of rotatable bonds is 4. The number of nitrogens with one attached hydrogen (secondary N) is 1. The average molecular weight is 386 g/mol. The van der Waals surface area contributed by atoms with Gasteiger partial charge in [0, 0.05) is 11.8 Å². The number of nitriles is 1. The number of phenolic OH excluding ortho intramolecular Hbond substituents is 1. The molecule has 0 spiro atoms. The summed E-state index contributed by atoms with van der Waals surface area (Å²) in [5.74, 6) is 1.08. The standard InChI is InChI=1S/C20H18N8O/c1-11-6-7-28-17(11)16(13-4-3-5-14(29)8-13)26-19(27-28)12(2)25-20-15(9-21)18(22)23-10-24-20/h3-8,10,12,29H,1-2H3,(H3,22,23,24,25)/t12-/m0/s1. The molecule has 4 aromatic rings. The second-order valence-corrected chi connectivity index (χ2v) is 6.62. The minimum Gasteiger partial charge on any atom is -0.508 e. The number of fused-ring (bicyclic) bond motifs is 1. The van der Waals surface area contributed by atoms with Gasteiger partial charge in [-0.15, -0.1) is 0 Å². The van der Waals surface area contributed by atoms with Gasteiger partial charge in [-0.1, -0.05) is 12.1 Å². The molecule has 1 aromatic carbocycles. The van der Waals surface area contributed by atoms with Gasteiger partial charge < -0.3 is 16.2 Å². The maximum absolute atomic E-state index is 9.90. The number of hydrogen-bond donors (Lipinski definition) is 3. The molecule has 9 heteroatoms. The molecule has 0 saturated heterocycles. The van der Waals surface area contributed by atoms with Crippen LogP contribution in [-0.2, 0) is 0 Å². The van der Waals surface area contributed by atoms with Gasteiger partial charge in [0.1, 0.15) is 35.3 Å². The van der Waals surface area contributed by atoms with Crippen molar-refractivity contribution in [2.45, 2.75) is 19.9 Å². The molecule has 0 aliphatic carbocycles. The fourth-order valence-electron chi connectivity index (χ4n) is 3.12. The molecule has 0 amide bonds. The van der Waals surface area contributed by atoms with E-state index >= 15 is 0 Å². The van der Waals surface area contributed by atoms with Crippen LogP contribution >= 0.6 is 0 Å². The highest BCUT2D eigenvalue weighted by atomic mass is 16.3. The minimum atomic E-state index is -0.375. The summed E-state index contributed by atoms with van der Waals surface area (Å²) in [5, 5.41) is 27.0. The van der Waals surface area contributed by atoms with E-state index in [4.69, 9.17) is 10.7 Å². The number of nitrogen functional groups attached to an aromatic ring is 1. The lowest BCUT2D eigenvalue weighted by Crippen LogP contribution is -2.16. The third-order valence-electron chi connectivity index (χ3n) is 4.58. The normalized spacial score (nSPS) is 11.9. The second kappa shape index (κ2) is 7.09. The predicted octanol–water partition coefficient (Wildman–Crippen LogP) is 2.83. The van der Waals surface area contributed by atoms with Crippen LogP contribution in [0.25, 0.3) is 16.8 Å². The quantitative estimate of drug-likeness (QED) is 0.487. The molecule has 3 heterocycles. The van der Waals surface area contributed by atoms with Crippen LogP contribution in [0.1, 0.15) is 29.9 Å². The van der Waals surface area contributed by atoms with Crippen molar-refractivity contribution < 1.29 is 5.11 Å². The van der Waals surface area contributed by atoms with Gasteiger partial charge in [0.15, 0.2) is 5.82 Å². The number of nitrogens with two attached hydrogens (primary N) is 1. The highest BCUT2D eigenvalue weighted by Crippen LogP contribution is 2.29. The molecule has 0 unspecified atom stereocenters. The summed E-state index contributed by atoms with van der Waals surface area (Å²) < 4.78 is 1.76. The first-order chi connectivity index (χ1) is 14.0. The van der Waals surface area contributed by atoms with Crippen molar-refractivity contribution in [2.75, 3.05) is 11.1 Å². The van der Waals surface area contributed by atoms with Crippen molar-refractivity contribution in [3.05, 3.63) is 59.8 Å². The molecule has 0 fully saturated rings. The topological polar surface area (TPSA) is 138 Å². The molecule has 4 N–H and O–H groups in total. The monoisotopic (exact) mass is 386 g/mol. The Kier molecular flexibility index (Phi) is 4.44. The van der Waals surface area contributed by atoms with E-state index in [0.717, 1.165) is 16.6 Å². The van der Waals surface area contributed by atoms with E-state index in [1.54, 1.807) is 22.7 Å². The molecular formula is C20H18N8O. The summed E-state index contributed by atoms with van der Waals surface area (Å²) in [5.41, 5.74) is 9.29. The van der Waals surface area contributed by atoms with Crippen molar-refractivity contribution in [3.8, 4) is 23.1 Å². The highest BCUT2D eigenvalue weighted by Gasteiger charge is 2.19. The molecule has 144 valence electrons. The molecule has 0 aliphatic rings. The van der Waals surface area contributed by atoms with E-state index < -0.39 is 0 Å². The van der Waals surface area contributed by atoms with Gasteiger partial charge in [-0.2, -0.15) is 10.4 Å². The summed E-state index contributed by atoms with van der Waals surface area (Å²) in [6, 6.07) is 10.5. The molecule has 0 saturated carbocycles. The molecule has 1 atom stereocenters. The molecule has 4 rings (SSSR count). The van der Waals surface area contributed by atoms with Crippen molar-refractivity contribution in [2.24, 2.45) is 0 Å². The predicted molar refractivity (Wildman–Crippen MR) is 108 cm³/mol. The number of hydrogen-bond acceptors (Lipinski definition) is 8. The van der Waals surface area contributed by atoms with E-state index in [-0.39, 0.29) is 23.2 Å². The number of anilines is 2. The van der Waals surface area contributed by atoms with Crippen molar-refractivity contribution >= 4 is 17.2 Å². The third-order valence-corrected chi connectivity index (χ3v) is 4.58. The second-order valence-electron chi connectivity index (χ2n) is 6.62. The zero-order valence-electron chi connectivity index (χ0n) is 15.8. The van der Waals surface area contributed by atoms with Crippen LogP contribution in [0.3, 0.4) is 0 Å². The van der Waals surface area contributed by atoms with Crippen LogP contribution in [0.2, 0.25) is 0 Å². The Hall–Kier alpha value is -4.19. The van der Waals surface area contributed by atoms with E-state index in [1.807, 2.05) is 38.2 Å². The highest BCUT2D eigenvalue weighted by molar-refractivity contribution is 5.80. The van der Waals surface area contributed by atoms with E-state index in [0.29, 0.717) is 17.3 Å². The van der Waals surface area contributed by atoms with Crippen LogP contribution < -0.4 is 11.1 Å². The first-order valence-electron chi connectivity index (χ1n) is 8.90. The Bertz CT molecular complexity index is 1260. The van der Waals surface area contributed by atoms with Crippen LogP contribution in [0.5, 0.6) is 5.75 Å². The third kappa shape index (κ3) is 3.27. The van der Waals surface area contributed by atoms with Gasteiger partial charge in [0.2, 0.25) is 0 Å². The molecule has 0 radical (unpaired) electrons. The SMILES string of the molecule is Cc1ccn2nc([C@H](C)Nc3ncnc(N)c3C#N)nc(-c3cccc(O)c3)c12. The van der Waals surface area contributed by atoms with Crippen molar-refractivity contribution in [3.63, 3.8) is 0 Å². The van der Waals surface area contributed by atoms with Gasteiger partial charge in [-0.25, -0.2) is 19.5 Å². The Morgan fingerprint density at radius 1 is 1.28 bits per heavy atom. The van der Waals surface area contributed by atoms with E-state index in [2.05, 4.69) is 20.4 Å². The molecular weight excluding hydrogens is 368 g/mol. The zero-order chi connectivity index (χ0) is 20.5. The summed E-state index contributed by atoms with van der Waals surface area (Å²) >= 11 is 0. The number of aromatic nitrogens is 5. The van der Waals surface area contributed by atoms with Gasteiger partial charge in [0.25, 0.3) is 0 Å². The summed E-state index contributed by atoms with van der Waals surface area (Å²) in [6.45, 7) is 3.85. The molecule has 0 aliphatic heterocycles. The minimum absolute atomic E-state index is 0.107. The zero-order valence-corrected chi connectivity index (χ0v) is 15.8. The van der Waals surface area contributed by atoms with Crippen LogP contribution in [0.4, 0.5) is 11.6 Å². The van der Waals surface area contributed by atoms with E-state index in [9.17, 15) is 10.4 Å². The average Bonchev–Trinajstić information content (AvgIpc) is 3.08. The molecule has 29 heavy (non-hydrogen) atoms. The summed E-state index contributed by atoms with van der Waals surface area (Å²) in [7, 11) is 0. The number of aromatic hydroxyl groups is 1. The number of benzene rings is 1.